The van der Waals surface area contributed by atoms with Gasteiger partial charge >= 0.3 is 11.8 Å². The summed E-state index contributed by atoms with van der Waals surface area (Å²) in [7, 11) is -3.81. The van der Waals surface area contributed by atoms with Gasteiger partial charge in [0.2, 0.25) is 5.82 Å². The Morgan fingerprint density at radius 1 is 1.10 bits per heavy atom. The molecule has 1 aromatic heterocycles. The van der Waals surface area contributed by atoms with Gasteiger partial charge in [-0.3, -0.25) is 9.52 Å². The average molecular weight is 412 g/mol. The number of carbonyl (C=O) groups excluding carboxylic acids is 1. The lowest BCUT2D eigenvalue weighted by Gasteiger charge is -2.11. The Morgan fingerprint density at radius 2 is 1.83 bits per heavy atom. The molecule has 8 nitrogen and oxygen atoms in total. The first kappa shape index (κ1) is 19.1. The van der Waals surface area contributed by atoms with E-state index in [1.54, 1.807) is 54.3 Å². The number of likely N-dealkylation sites (tertiary alicyclic amines) is 1. The molecule has 2 heterocycles. The molecule has 0 atom stereocenters. The number of carbonyl (C=O) groups is 1. The first-order valence-corrected chi connectivity index (χ1v) is 10.7. The van der Waals surface area contributed by atoms with Crippen LogP contribution in [0.1, 0.15) is 29.1 Å². The van der Waals surface area contributed by atoms with Crippen molar-refractivity contribution in [2.75, 3.05) is 17.8 Å². The third kappa shape index (κ3) is 4.00. The topological polar surface area (TPSA) is 105 Å². The number of benzene rings is 2. The fraction of sp³-hybridized carbons (Fsp3) is 0.250. The van der Waals surface area contributed by atoms with E-state index in [9.17, 15) is 13.2 Å². The Bertz CT molecular complexity index is 1140. The summed E-state index contributed by atoms with van der Waals surface area (Å²) in [5.41, 5.74) is 1.50. The number of anilines is 1. The Hall–Kier alpha value is -3.20. The molecule has 1 saturated heterocycles. The number of sulfonamides is 1. The second-order valence-corrected chi connectivity index (χ2v) is 8.53. The quantitative estimate of drug-likeness (QED) is 0.690. The molecule has 1 fully saturated rings. The number of aryl methyl sites for hydroxylation is 1. The standard InChI is InChI=1S/C20H20N4O4S/c1-14-9-10-15(13-17(14)29(26,27)23-16-7-3-2-4-8-16)18-21-19(28-22-18)20(25)24-11-5-6-12-24/h2-4,7-10,13,23H,5-6,11-12H2,1H3. The summed E-state index contributed by atoms with van der Waals surface area (Å²) < 4.78 is 33.4. The molecule has 29 heavy (non-hydrogen) atoms. The van der Waals surface area contributed by atoms with Gasteiger partial charge in [0, 0.05) is 24.3 Å². The van der Waals surface area contributed by atoms with E-state index in [0.29, 0.717) is 29.9 Å². The van der Waals surface area contributed by atoms with Gasteiger partial charge in [0.15, 0.2) is 0 Å². The van der Waals surface area contributed by atoms with Gasteiger partial charge < -0.3 is 9.42 Å². The fourth-order valence-corrected chi connectivity index (χ4v) is 4.56. The molecule has 1 aliphatic heterocycles. The molecule has 1 N–H and O–H groups in total. The summed E-state index contributed by atoms with van der Waals surface area (Å²) in [6, 6.07) is 13.5. The first-order chi connectivity index (χ1) is 13.9. The highest BCUT2D eigenvalue weighted by Crippen LogP contribution is 2.25. The highest BCUT2D eigenvalue weighted by atomic mass is 32.2. The lowest BCUT2D eigenvalue weighted by Crippen LogP contribution is -2.27. The zero-order chi connectivity index (χ0) is 20.4. The molecule has 3 aromatic rings. The monoisotopic (exact) mass is 412 g/mol. The normalized spacial score (nSPS) is 14.2. The lowest BCUT2D eigenvalue weighted by molar-refractivity contribution is 0.0743. The maximum Gasteiger partial charge on any atom is 0.316 e. The van der Waals surface area contributed by atoms with Gasteiger partial charge in [-0.2, -0.15) is 4.98 Å². The summed E-state index contributed by atoms with van der Waals surface area (Å²) in [5, 5.41) is 3.87. The van der Waals surface area contributed by atoms with Crippen LogP contribution in [0.4, 0.5) is 5.69 Å². The maximum absolute atomic E-state index is 12.9. The second kappa shape index (κ2) is 7.67. The minimum Gasteiger partial charge on any atom is -0.334 e. The highest BCUT2D eigenvalue weighted by molar-refractivity contribution is 7.92. The largest absolute Gasteiger partial charge is 0.334 e. The fourth-order valence-electron chi connectivity index (χ4n) is 3.23. The van der Waals surface area contributed by atoms with Gasteiger partial charge in [-0.25, -0.2) is 8.42 Å². The van der Waals surface area contributed by atoms with Gasteiger partial charge in [0.25, 0.3) is 10.0 Å². The predicted molar refractivity (Wildman–Crippen MR) is 107 cm³/mol. The minimum atomic E-state index is -3.81. The van der Waals surface area contributed by atoms with Crippen LogP contribution in [0, 0.1) is 6.92 Å². The SMILES string of the molecule is Cc1ccc(-c2noc(C(=O)N3CCCC3)n2)cc1S(=O)(=O)Nc1ccccc1. The van der Waals surface area contributed by atoms with Gasteiger partial charge in [0.1, 0.15) is 0 Å². The Labute approximate surface area is 168 Å². The summed E-state index contributed by atoms with van der Waals surface area (Å²) >= 11 is 0. The van der Waals surface area contributed by atoms with Crippen LogP contribution in [0.15, 0.2) is 57.9 Å². The third-order valence-corrected chi connectivity index (χ3v) is 6.29. The zero-order valence-electron chi connectivity index (χ0n) is 15.8. The summed E-state index contributed by atoms with van der Waals surface area (Å²) in [4.78, 5) is 18.4. The Balaban J connectivity index is 1.63. The minimum absolute atomic E-state index is 0.0886. The average Bonchev–Trinajstić information content (AvgIpc) is 3.40. The van der Waals surface area contributed by atoms with Crippen molar-refractivity contribution in [1.82, 2.24) is 15.0 Å². The predicted octanol–water partition coefficient (Wildman–Crippen LogP) is 3.08. The van der Waals surface area contributed by atoms with Crippen molar-refractivity contribution in [3.63, 3.8) is 0 Å². The summed E-state index contributed by atoms with van der Waals surface area (Å²) in [5.74, 6) is -0.218. The number of aromatic nitrogens is 2. The van der Waals surface area contributed by atoms with Crippen LogP contribution in [-0.4, -0.2) is 42.5 Å². The maximum atomic E-state index is 12.9. The molecule has 0 saturated carbocycles. The smallest absolute Gasteiger partial charge is 0.316 e. The van der Waals surface area contributed by atoms with E-state index in [1.165, 1.54) is 6.07 Å². The van der Waals surface area contributed by atoms with Crippen molar-refractivity contribution in [3.05, 3.63) is 60.0 Å². The van der Waals surface area contributed by atoms with Crippen molar-refractivity contribution in [3.8, 4) is 11.4 Å². The third-order valence-electron chi connectivity index (χ3n) is 4.76. The van der Waals surface area contributed by atoms with Crippen LogP contribution in [-0.2, 0) is 10.0 Å². The zero-order valence-corrected chi connectivity index (χ0v) is 16.6. The molecule has 9 heteroatoms. The van der Waals surface area contributed by atoms with Crippen molar-refractivity contribution >= 4 is 21.6 Å². The number of amides is 1. The second-order valence-electron chi connectivity index (χ2n) is 6.87. The summed E-state index contributed by atoms with van der Waals surface area (Å²) in [6.07, 6.45) is 1.92. The van der Waals surface area contributed by atoms with Gasteiger partial charge in [-0.05, 0) is 43.5 Å². The lowest BCUT2D eigenvalue weighted by atomic mass is 10.1. The highest BCUT2D eigenvalue weighted by Gasteiger charge is 2.25. The number of hydrogen-bond donors (Lipinski definition) is 1. The van der Waals surface area contributed by atoms with Crippen LogP contribution >= 0.6 is 0 Å². The molecule has 2 aromatic carbocycles. The number of nitrogens with zero attached hydrogens (tertiary/aromatic N) is 3. The van der Waals surface area contributed by atoms with Crippen LogP contribution in [0.2, 0.25) is 0 Å². The van der Waals surface area contributed by atoms with E-state index in [2.05, 4.69) is 14.9 Å². The van der Waals surface area contributed by atoms with E-state index in [-0.39, 0.29) is 22.5 Å². The molecule has 0 spiro atoms. The van der Waals surface area contributed by atoms with Crippen LogP contribution in [0.3, 0.4) is 0 Å². The Morgan fingerprint density at radius 3 is 2.55 bits per heavy atom. The van der Waals surface area contributed by atoms with Crippen LogP contribution in [0.5, 0.6) is 0 Å². The van der Waals surface area contributed by atoms with Crippen molar-refractivity contribution < 1.29 is 17.7 Å². The number of hydrogen-bond acceptors (Lipinski definition) is 6. The molecule has 0 bridgehead atoms. The first-order valence-electron chi connectivity index (χ1n) is 9.26. The molecule has 0 aliphatic carbocycles. The molecule has 0 unspecified atom stereocenters. The molecule has 0 radical (unpaired) electrons. The molecule has 4 rings (SSSR count). The van der Waals surface area contributed by atoms with Crippen molar-refractivity contribution in [2.45, 2.75) is 24.7 Å². The molecular weight excluding hydrogens is 392 g/mol. The van der Waals surface area contributed by atoms with Crippen molar-refractivity contribution in [2.24, 2.45) is 0 Å². The van der Waals surface area contributed by atoms with E-state index >= 15 is 0 Å². The van der Waals surface area contributed by atoms with E-state index in [1.807, 2.05) is 0 Å². The van der Waals surface area contributed by atoms with Gasteiger partial charge in [-0.15, -0.1) is 0 Å². The van der Waals surface area contributed by atoms with Gasteiger partial charge in [0.05, 0.1) is 4.90 Å². The molecule has 150 valence electrons. The number of rotatable bonds is 5. The van der Waals surface area contributed by atoms with E-state index in [4.69, 9.17) is 4.52 Å². The van der Waals surface area contributed by atoms with Crippen LogP contribution in [0.25, 0.3) is 11.4 Å². The molecule has 1 amide bonds. The Kier molecular flexibility index (Phi) is 5.06. The van der Waals surface area contributed by atoms with Crippen molar-refractivity contribution in [1.29, 1.82) is 0 Å². The molecular formula is C20H20N4O4S. The van der Waals surface area contributed by atoms with Gasteiger partial charge in [-0.1, -0.05) is 35.5 Å². The molecule has 1 aliphatic rings. The number of nitrogens with one attached hydrogen (secondary N) is 1. The van der Waals surface area contributed by atoms with E-state index < -0.39 is 10.0 Å². The van der Waals surface area contributed by atoms with E-state index in [0.717, 1.165) is 12.8 Å². The summed E-state index contributed by atoms with van der Waals surface area (Å²) in [6.45, 7) is 3.06. The number of para-hydroxylation sites is 1. The van der Waals surface area contributed by atoms with Crippen LogP contribution < -0.4 is 4.72 Å².